The number of carbonyl (C=O) groups excluding carboxylic acids is 1. The van der Waals surface area contributed by atoms with Crippen LogP contribution < -0.4 is 0 Å². The lowest BCUT2D eigenvalue weighted by molar-refractivity contribution is -0.140. The molecule has 3 heteroatoms. The zero-order valence-electron chi connectivity index (χ0n) is 5.40. The first-order valence-electron chi connectivity index (χ1n) is 2.28. The van der Waals surface area contributed by atoms with Crippen molar-refractivity contribution in [3.05, 3.63) is 0 Å². The van der Waals surface area contributed by atoms with Gasteiger partial charge in [0.2, 0.25) is 0 Å². The normalized spacial score (nSPS) is 6.50. The lowest BCUT2D eigenvalue weighted by Gasteiger charge is -1.89. The Bertz CT molecular complexity index is 54.4. The summed E-state index contributed by atoms with van der Waals surface area (Å²) in [6.07, 6.45) is 0. The van der Waals surface area contributed by atoms with Crippen molar-refractivity contribution in [1.82, 2.24) is 0 Å². The van der Waals surface area contributed by atoms with E-state index in [2.05, 4.69) is 20.7 Å². The molecule has 0 aromatic carbocycles. The van der Waals surface area contributed by atoms with Crippen LogP contribution in [0.2, 0.25) is 0 Å². The number of ether oxygens (including phenoxy) is 1. The second-order valence-corrected chi connectivity index (χ2v) is 0.925. The van der Waals surface area contributed by atoms with Gasteiger partial charge in [0.1, 0.15) is 0 Å². The zero-order valence-corrected chi connectivity index (χ0v) is 6.99. The van der Waals surface area contributed by atoms with E-state index < -0.39 is 0 Å². The Hall–Kier alpha value is -0.0500. The molecule has 0 aromatic rings. The van der Waals surface area contributed by atoms with Crippen molar-refractivity contribution in [3.63, 3.8) is 0 Å². The van der Waals surface area contributed by atoms with E-state index in [1.54, 1.807) is 6.92 Å². The number of alkyl halides is 1. The van der Waals surface area contributed by atoms with E-state index in [4.69, 9.17) is 0 Å². The van der Waals surface area contributed by atoms with Gasteiger partial charge in [-0.05, 0) is 12.8 Å². The lowest BCUT2D eigenvalue weighted by atomic mass is 10.8. The zero-order chi connectivity index (χ0) is 6.99. The molecule has 2 nitrogen and oxygen atoms in total. The van der Waals surface area contributed by atoms with Gasteiger partial charge in [0.05, 0.1) is 6.61 Å². The van der Waals surface area contributed by atoms with Gasteiger partial charge in [-0.1, -0.05) is 15.9 Å². The second kappa shape index (κ2) is 10.0. The molecule has 8 heavy (non-hydrogen) atoms. The molecule has 0 atom stereocenters. The van der Waals surface area contributed by atoms with E-state index >= 15 is 0 Å². The van der Waals surface area contributed by atoms with Crippen LogP contribution in [0.5, 0.6) is 0 Å². The van der Waals surface area contributed by atoms with E-state index in [9.17, 15) is 4.79 Å². The van der Waals surface area contributed by atoms with Crippen LogP contribution in [-0.2, 0) is 9.53 Å². The third-order valence-electron chi connectivity index (χ3n) is 0.348. The summed E-state index contributed by atoms with van der Waals surface area (Å²) in [7, 11) is 0. The molecule has 0 aromatic heterocycles. The summed E-state index contributed by atoms with van der Waals surface area (Å²) >= 11 is 2.94. The molecule has 0 saturated heterocycles. The minimum atomic E-state index is -0.211. The highest BCUT2D eigenvalue weighted by atomic mass is 79.9. The Balaban J connectivity index is 0. The summed E-state index contributed by atoms with van der Waals surface area (Å²) in [6.45, 7) is 3.65. The van der Waals surface area contributed by atoms with Gasteiger partial charge in [0.25, 0.3) is 0 Å². The minimum Gasteiger partial charge on any atom is -0.466 e. The van der Waals surface area contributed by atoms with Crippen LogP contribution in [0, 0.1) is 0 Å². The van der Waals surface area contributed by atoms with Crippen LogP contribution >= 0.6 is 15.9 Å². The molecular formula is C5H11BrO2. The van der Waals surface area contributed by atoms with Crippen molar-refractivity contribution in [2.45, 2.75) is 13.8 Å². The van der Waals surface area contributed by atoms with E-state index in [0.717, 1.165) is 0 Å². The molecule has 0 amide bonds. The average molecular weight is 183 g/mol. The van der Waals surface area contributed by atoms with Gasteiger partial charge in [0, 0.05) is 6.92 Å². The van der Waals surface area contributed by atoms with E-state index in [-0.39, 0.29) is 5.97 Å². The fourth-order valence-electron chi connectivity index (χ4n) is 0.203. The SMILES string of the molecule is CBr.CCOC(C)=O. The van der Waals surface area contributed by atoms with Crippen LogP contribution in [0.3, 0.4) is 0 Å². The molecule has 0 fully saturated rings. The van der Waals surface area contributed by atoms with E-state index in [0.29, 0.717) is 6.61 Å². The third-order valence-corrected chi connectivity index (χ3v) is 0.348. The Morgan fingerprint density at radius 3 is 2.00 bits per heavy atom. The molecule has 0 bridgehead atoms. The first kappa shape index (κ1) is 10.8. The van der Waals surface area contributed by atoms with Gasteiger partial charge in [-0.3, -0.25) is 4.79 Å². The maximum absolute atomic E-state index is 9.82. The quantitative estimate of drug-likeness (QED) is 0.455. The fraction of sp³-hybridized carbons (Fsp3) is 0.800. The number of hydrogen-bond acceptors (Lipinski definition) is 2. The molecule has 0 saturated carbocycles. The highest BCUT2D eigenvalue weighted by molar-refractivity contribution is 9.08. The van der Waals surface area contributed by atoms with E-state index in [1.807, 2.05) is 5.83 Å². The lowest BCUT2D eigenvalue weighted by Crippen LogP contribution is -1.95. The van der Waals surface area contributed by atoms with Gasteiger partial charge in [0.15, 0.2) is 0 Å². The van der Waals surface area contributed by atoms with Crippen LogP contribution in [-0.4, -0.2) is 18.4 Å². The summed E-state index contributed by atoms with van der Waals surface area (Å²) < 4.78 is 4.40. The molecule has 0 unspecified atom stereocenters. The molecule has 0 radical (unpaired) electrons. The minimum absolute atomic E-state index is 0.211. The van der Waals surface area contributed by atoms with Crippen molar-refractivity contribution in [1.29, 1.82) is 0 Å². The standard InChI is InChI=1S/C4H8O2.CH3Br/c1-3-6-4(2)5;1-2/h3H2,1-2H3;1H3. The predicted octanol–water partition coefficient (Wildman–Crippen LogP) is 1.58. The van der Waals surface area contributed by atoms with Crippen molar-refractivity contribution >= 4 is 21.9 Å². The maximum atomic E-state index is 9.82. The van der Waals surface area contributed by atoms with Gasteiger partial charge < -0.3 is 4.74 Å². The van der Waals surface area contributed by atoms with Crippen LogP contribution in [0.4, 0.5) is 0 Å². The number of rotatable bonds is 1. The van der Waals surface area contributed by atoms with Crippen molar-refractivity contribution in [3.8, 4) is 0 Å². The molecule has 0 aliphatic heterocycles. The monoisotopic (exact) mass is 182 g/mol. The first-order chi connectivity index (χ1) is 3.77. The van der Waals surface area contributed by atoms with Crippen molar-refractivity contribution in [2.24, 2.45) is 0 Å². The van der Waals surface area contributed by atoms with Crippen LogP contribution in [0.15, 0.2) is 0 Å². The fourth-order valence-corrected chi connectivity index (χ4v) is 0.203. The maximum Gasteiger partial charge on any atom is 0.302 e. The number of hydrogen-bond donors (Lipinski definition) is 0. The summed E-state index contributed by atoms with van der Waals surface area (Å²) in [5.41, 5.74) is 0. The van der Waals surface area contributed by atoms with Crippen molar-refractivity contribution < 1.29 is 9.53 Å². The molecule has 0 heterocycles. The first-order valence-corrected chi connectivity index (χ1v) is 3.87. The van der Waals surface area contributed by atoms with Gasteiger partial charge in [-0.15, -0.1) is 0 Å². The average Bonchev–Trinajstić information content (AvgIpc) is 1.72. The molecule has 0 spiro atoms. The Labute approximate surface area is 58.3 Å². The predicted molar refractivity (Wildman–Crippen MR) is 37.2 cm³/mol. The largest absolute Gasteiger partial charge is 0.466 e. The molecule has 0 N–H and O–H groups in total. The summed E-state index contributed by atoms with van der Waals surface area (Å²) in [5, 5.41) is 0. The van der Waals surface area contributed by atoms with Gasteiger partial charge >= 0.3 is 5.97 Å². The Morgan fingerprint density at radius 1 is 1.62 bits per heavy atom. The van der Waals surface area contributed by atoms with E-state index in [1.165, 1.54) is 6.92 Å². The summed E-state index contributed by atoms with van der Waals surface area (Å²) in [6, 6.07) is 0. The highest BCUT2D eigenvalue weighted by Gasteiger charge is 1.81. The van der Waals surface area contributed by atoms with Gasteiger partial charge in [-0.25, -0.2) is 0 Å². The number of carbonyl (C=O) groups is 1. The topological polar surface area (TPSA) is 26.3 Å². The molecule has 0 aliphatic rings. The Morgan fingerprint density at radius 2 is 2.00 bits per heavy atom. The molecular weight excluding hydrogens is 172 g/mol. The molecule has 50 valence electrons. The third kappa shape index (κ3) is 16.8. The van der Waals surface area contributed by atoms with Crippen LogP contribution in [0.25, 0.3) is 0 Å². The summed E-state index contributed by atoms with van der Waals surface area (Å²) in [5.74, 6) is 1.60. The van der Waals surface area contributed by atoms with Crippen molar-refractivity contribution in [2.75, 3.05) is 12.4 Å². The van der Waals surface area contributed by atoms with Crippen LogP contribution in [0.1, 0.15) is 13.8 Å². The smallest absolute Gasteiger partial charge is 0.302 e. The molecule has 0 aliphatic carbocycles. The highest BCUT2D eigenvalue weighted by Crippen LogP contribution is 1.69. The number of esters is 1. The second-order valence-electron chi connectivity index (χ2n) is 0.925. The Kier molecular flexibility index (Phi) is 13.6. The van der Waals surface area contributed by atoms with Gasteiger partial charge in [-0.2, -0.15) is 0 Å². The summed E-state index contributed by atoms with van der Waals surface area (Å²) in [4.78, 5) is 9.82. The number of halogens is 1. The molecule has 0 rings (SSSR count).